The van der Waals surface area contributed by atoms with E-state index in [9.17, 15) is 4.79 Å². The van der Waals surface area contributed by atoms with Crippen molar-refractivity contribution in [1.82, 2.24) is 10.6 Å². The summed E-state index contributed by atoms with van der Waals surface area (Å²) < 4.78 is 5.30. The number of amides is 1. The highest BCUT2D eigenvalue weighted by Gasteiger charge is 2.13. The average molecular weight is 377 g/mol. The minimum absolute atomic E-state index is 0.128. The SMILES string of the molecule is CCNC(=NCc1ccc(OC)c(NC(C)=O)c1)NC(C)CCC(C)(C)C. The first-order valence-corrected chi connectivity index (χ1v) is 9.64. The van der Waals surface area contributed by atoms with Gasteiger partial charge in [-0.05, 0) is 49.8 Å². The summed E-state index contributed by atoms with van der Waals surface area (Å²) in [7, 11) is 1.59. The summed E-state index contributed by atoms with van der Waals surface area (Å²) in [6.45, 7) is 13.8. The van der Waals surface area contributed by atoms with E-state index < -0.39 is 0 Å². The van der Waals surface area contributed by atoms with Crippen molar-refractivity contribution in [2.75, 3.05) is 19.0 Å². The quantitative estimate of drug-likeness (QED) is 0.475. The Kier molecular flexibility index (Phi) is 9.12. The second-order valence-electron chi connectivity index (χ2n) is 8.06. The molecule has 0 aliphatic rings. The fraction of sp³-hybridized carbons (Fsp3) is 0.619. The number of hydrogen-bond donors (Lipinski definition) is 3. The molecule has 0 fully saturated rings. The van der Waals surface area contributed by atoms with Crippen LogP contribution in [0.2, 0.25) is 0 Å². The van der Waals surface area contributed by atoms with Gasteiger partial charge in [-0.15, -0.1) is 0 Å². The number of anilines is 1. The lowest BCUT2D eigenvalue weighted by Crippen LogP contribution is -2.42. The summed E-state index contributed by atoms with van der Waals surface area (Å²) in [6.07, 6.45) is 2.24. The van der Waals surface area contributed by atoms with Crippen molar-refractivity contribution in [2.45, 2.75) is 67.0 Å². The predicted molar refractivity (Wildman–Crippen MR) is 113 cm³/mol. The average Bonchev–Trinajstić information content (AvgIpc) is 2.57. The molecule has 0 saturated carbocycles. The molecular weight excluding hydrogens is 340 g/mol. The van der Waals surface area contributed by atoms with E-state index in [0.717, 1.165) is 30.9 Å². The predicted octanol–water partition coefficient (Wildman–Crippen LogP) is 3.92. The summed E-state index contributed by atoms with van der Waals surface area (Å²) in [6, 6.07) is 6.05. The number of aliphatic imine (C=N–C) groups is 1. The Balaban J connectivity index is 2.80. The zero-order chi connectivity index (χ0) is 20.4. The zero-order valence-corrected chi connectivity index (χ0v) is 17.9. The molecule has 1 atom stereocenters. The Labute approximate surface area is 164 Å². The van der Waals surface area contributed by atoms with Gasteiger partial charge in [0, 0.05) is 19.5 Å². The Morgan fingerprint density at radius 2 is 2.00 bits per heavy atom. The Bertz CT molecular complexity index is 636. The fourth-order valence-electron chi connectivity index (χ4n) is 2.59. The van der Waals surface area contributed by atoms with Crippen molar-refractivity contribution >= 4 is 17.6 Å². The van der Waals surface area contributed by atoms with E-state index in [0.29, 0.717) is 29.4 Å². The highest BCUT2D eigenvalue weighted by Crippen LogP contribution is 2.26. The van der Waals surface area contributed by atoms with E-state index in [1.807, 2.05) is 18.2 Å². The molecule has 0 spiro atoms. The second-order valence-corrected chi connectivity index (χ2v) is 8.06. The highest BCUT2D eigenvalue weighted by molar-refractivity contribution is 5.90. The summed E-state index contributed by atoms with van der Waals surface area (Å²) >= 11 is 0. The number of carbonyl (C=O) groups excluding carboxylic acids is 1. The van der Waals surface area contributed by atoms with Crippen LogP contribution in [0.25, 0.3) is 0 Å². The Morgan fingerprint density at radius 3 is 2.56 bits per heavy atom. The van der Waals surface area contributed by atoms with Crippen LogP contribution in [-0.2, 0) is 11.3 Å². The molecule has 27 heavy (non-hydrogen) atoms. The van der Waals surface area contributed by atoms with Gasteiger partial charge in [0.15, 0.2) is 5.96 Å². The number of nitrogens with one attached hydrogen (secondary N) is 3. The molecular formula is C21H36N4O2. The van der Waals surface area contributed by atoms with Gasteiger partial charge in [-0.1, -0.05) is 26.8 Å². The van der Waals surface area contributed by atoms with E-state index in [1.54, 1.807) is 7.11 Å². The second kappa shape index (κ2) is 10.8. The summed E-state index contributed by atoms with van der Waals surface area (Å²) in [5.41, 5.74) is 1.99. The molecule has 0 saturated heterocycles. The number of carbonyl (C=O) groups is 1. The third kappa shape index (κ3) is 9.31. The molecule has 1 rings (SSSR count). The van der Waals surface area contributed by atoms with Crippen LogP contribution < -0.4 is 20.7 Å². The van der Waals surface area contributed by atoms with E-state index in [4.69, 9.17) is 4.74 Å². The Hall–Kier alpha value is -2.24. The largest absolute Gasteiger partial charge is 0.495 e. The number of nitrogens with zero attached hydrogens (tertiary/aromatic N) is 1. The third-order valence-electron chi connectivity index (χ3n) is 4.05. The number of benzene rings is 1. The molecule has 0 bridgehead atoms. The molecule has 6 heteroatoms. The van der Waals surface area contributed by atoms with Crippen LogP contribution in [0.15, 0.2) is 23.2 Å². The van der Waals surface area contributed by atoms with Gasteiger partial charge in [-0.25, -0.2) is 4.99 Å². The van der Waals surface area contributed by atoms with Crippen LogP contribution in [0.1, 0.15) is 59.9 Å². The molecule has 0 heterocycles. The summed E-state index contributed by atoms with van der Waals surface area (Å²) in [4.78, 5) is 16.1. The molecule has 1 unspecified atom stereocenters. The van der Waals surface area contributed by atoms with E-state index in [-0.39, 0.29) is 5.91 Å². The summed E-state index contributed by atoms with van der Waals surface area (Å²) in [5, 5.41) is 9.57. The van der Waals surface area contributed by atoms with Crippen LogP contribution in [-0.4, -0.2) is 31.6 Å². The smallest absolute Gasteiger partial charge is 0.221 e. The number of ether oxygens (including phenoxy) is 1. The maximum atomic E-state index is 11.4. The van der Waals surface area contributed by atoms with Gasteiger partial charge >= 0.3 is 0 Å². The molecule has 6 nitrogen and oxygen atoms in total. The molecule has 1 amide bonds. The summed E-state index contributed by atoms with van der Waals surface area (Å²) in [5.74, 6) is 1.31. The van der Waals surface area contributed by atoms with Gasteiger partial charge in [0.25, 0.3) is 0 Å². The number of rotatable bonds is 8. The fourth-order valence-corrected chi connectivity index (χ4v) is 2.59. The first-order chi connectivity index (χ1) is 12.6. The van der Waals surface area contributed by atoms with Crippen molar-refractivity contribution in [2.24, 2.45) is 10.4 Å². The minimum atomic E-state index is -0.128. The van der Waals surface area contributed by atoms with Crippen LogP contribution in [0.4, 0.5) is 5.69 Å². The molecule has 0 aliphatic carbocycles. The van der Waals surface area contributed by atoms with Crippen LogP contribution in [0.3, 0.4) is 0 Å². The zero-order valence-electron chi connectivity index (χ0n) is 17.9. The van der Waals surface area contributed by atoms with Gasteiger partial charge in [0.2, 0.25) is 5.91 Å². The molecule has 0 aromatic heterocycles. The Morgan fingerprint density at radius 1 is 1.30 bits per heavy atom. The van der Waals surface area contributed by atoms with Crippen molar-refractivity contribution in [3.63, 3.8) is 0 Å². The maximum Gasteiger partial charge on any atom is 0.221 e. The van der Waals surface area contributed by atoms with Crippen molar-refractivity contribution < 1.29 is 9.53 Å². The lowest BCUT2D eigenvalue weighted by Gasteiger charge is -2.23. The van der Waals surface area contributed by atoms with E-state index in [2.05, 4.69) is 55.6 Å². The van der Waals surface area contributed by atoms with Crippen LogP contribution >= 0.6 is 0 Å². The first kappa shape index (κ1) is 22.8. The molecule has 1 aromatic rings. The number of methoxy groups -OCH3 is 1. The van der Waals surface area contributed by atoms with Gasteiger partial charge in [-0.2, -0.15) is 0 Å². The van der Waals surface area contributed by atoms with Gasteiger partial charge in [0.1, 0.15) is 5.75 Å². The van der Waals surface area contributed by atoms with Gasteiger partial charge < -0.3 is 20.7 Å². The lowest BCUT2D eigenvalue weighted by atomic mass is 9.89. The third-order valence-corrected chi connectivity index (χ3v) is 4.05. The standard InChI is InChI=1S/C21H36N4O2/c1-8-22-20(24-15(2)11-12-21(4,5)6)23-14-17-9-10-19(27-7)18(13-17)25-16(3)26/h9-10,13,15H,8,11-12,14H2,1-7H3,(H,25,26)(H2,22,23,24). The highest BCUT2D eigenvalue weighted by atomic mass is 16.5. The molecule has 0 aliphatic heterocycles. The number of hydrogen-bond acceptors (Lipinski definition) is 3. The van der Waals surface area contributed by atoms with Crippen molar-refractivity contribution in [3.05, 3.63) is 23.8 Å². The van der Waals surface area contributed by atoms with Crippen LogP contribution in [0, 0.1) is 5.41 Å². The van der Waals surface area contributed by atoms with Gasteiger partial charge in [-0.3, -0.25) is 4.79 Å². The molecule has 3 N–H and O–H groups in total. The monoisotopic (exact) mass is 376 g/mol. The first-order valence-electron chi connectivity index (χ1n) is 9.64. The lowest BCUT2D eigenvalue weighted by molar-refractivity contribution is -0.114. The number of guanidine groups is 1. The van der Waals surface area contributed by atoms with Gasteiger partial charge in [0.05, 0.1) is 19.3 Å². The van der Waals surface area contributed by atoms with Crippen LogP contribution in [0.5, 0.6) is 5.75 Å². The van der Waals surface area contributed by atoms with E-state index in [1.165, 1.54) is 6.92 Å². The molecule has 152 valence electrons. The minimum Gasteiger partial charge on any atom is -0.495 e. The van der Waals surface area contributed by atoms with E-state index >= 15 is 0 Å². The maximum absolute atomic E-state index is 11.4. The topological polar surface area (TPSA) is 74.8 Å². The molecule has 0 radical (unpaired) electrons. The van der Waals surface area contributed by atoms with Crippen molar-refractivity contribution in [1.29, 1.82) is 0 Å². The normalized spacial score (nSPS) is 13.1. The van der Waals surface area contributed by atoms with Crippen molar-refractivity contribution in [3.8, 4) is 5.75 Å². The molecule has 1 aromatic carbocycles.